The van der Waals surface area contributed by atoms with Gasteiger partial charge in [0.1, 0.15) is 0 Å². The van der Waals surface area contributed by atoms with Gasteiger partial charge < -0.3 is 5.11 Å². The second-order valence-corrected chi connectivity index (χ2v) is 7.11. The molecule has 0 saturated heterocycles. The highest BCUT2D eigenvalue weighted by molar-refractivity contribution is 7.89. The van der Waals surface area contributed by atoms with Crippen LogP contribution in [0.3, 0.4) is 0 Å². The van der Waals surface area contributed by atoms with E-state index < -0.39 is 10.0 Å². The maximum atomic E-state index is 12.3. The van der Waals surface area contributed by atoms with E-state index in [4.69, 9.17) is 5.11 Å². The number of benzene rings is 1. The van der Waals surface area contributed by atoms with Crippen LogP contribution in [0.1, 0.15) is 37.3 Å². The molecule has 1 aromatic rings. The van der Waals surface area contributed by atoms with E-state index in [0.717, 1.165) is 24.0 Å². The summed E-state index contributed by atoms with van der Waals surface area (Å²) < 4.78 is 27.2. The molecule has 4 nitrogen and oxygen atoms in total. The Morgan fingerprint density at radius 2 is 1.75 bits per heavy atom. The Kier molecular flexibility index (Phi) is 6.65. The summed E-state index contributed by atoms with van der Waals surface area (Å²) in [5.41, 5.74) is 1.87. The summed E-state index contributed by atoms with van der Waals surface area (Å²) in [5.74, 6) is 0.186. The molecule has 1 atom stereocenters. The Morgan fingerprint density at radius 1 is 1.15 bits per heavy atom. The van der Waals surface area contributed by atoms with Crippen LogP contribution in [0.5, 0.6) is 0 Å². The van der Waals surface area contributed by atoms with Crippen molar-refractivity contribution >= 4 is 10.0 Å². The molecule has 0 aromatic heterocycles. The maximum Gasteiger partial charge on any atom is 0.240 e. The Hall–Kier alpha value is -0.910. The topological polar surface area (TPSA) is 66.4 Å². The zero-order valence-electron chi connectivity index (χ0n) is 12.5. The van der Waals surface area contributed by atoms with Gasteiger partial charge >= 0.3 is 0 Å². The molecule has 1 unspecified atom stereocenters. The van der Waals surface area contributed by atoms with Crippen molar-refractivity contribution in [2.24, 2.45) is 5.92 Å². The SMILES string of the molecule is CCCC(CCO)CNS(=O)(=O)c1cc(C)cc(C)c1. The van der Waals surface area contributed by atoms with Gasteiger partial charge in [0.15, 0.2) is 0 Å². The van der Waals surface area contributed by atoms with E-state index in [1.165, 1.54) is 0 Å². The van der Waals surface area contributed by atoms with Crippen LogP contribution < -0.4 is 4.72 Å². The minimum absolute atomic E-state index is 0.0932. The van der Waals surface area contributed by atoms with Crippen LogP contribution >= 0.6 is 0 Å². The molecule has 0 heterocycles. The Labute approximate surface area is 122 Å². The quantitative estimate of drug-likeness (QED) is 0.774. The molecule has 1 aromatic carbocycles. The summed E-state index contributed by atoms with van der Waals surface area (Å²) in [5, 5.41) is 9.01. The Balaban J connectivity index is 2.78. The first kappa shape index (κ1) is 17.1. The molecule has 0 amide bonds. The summed E-state index contributed by atoms with van der Waals surface area (Å²) >= 11 is 0. The van der Waals surface area contributed by atoms with E-state index in [0.29, 0.717) is 17.9 Å². The van der Waals surface area contributed by atoms with Gasteiger partial charge in [-0.3, -0.25) is 0 Å². The highest BCUT2D eigenvalue weighted by Crippen LogP contribution is 2.16. The second-order valence-electron chi connectivity index (χ2n) is 5.34. The number of hydrogen-bond donors (Lipinski definition) is 2. The van der Waals surface area contributed by atoms with Gasteiger partial charge in [0, 0.05) is 13.2 Å². The zero-order valence-corrected chi connectivity index (χ0v) is 13.3. The molecule has 1 rings (SSSR count). The average Bonchev–Trinajstić information content (AvgIpc) is 2.35. The first-order chi connectivity index (χ1) is 9.39. The van der Waals surface area contributed by atoms with E-state index in [-0.39, 0.29) is 12.5 Å². The molecule has 0 bridgehead atoms. The monoisotopic (exact) mass is 299 g/mol. The Bertz CT molecular complexity index is 500. The van der Waals surface area contributed by atoms with E-state index in [1.54, 1.807) is 12.1 Å². The summed E-state index contributed by atoms with van der Waals surface area (Å²) in [6.45, 7) is 6.30. The van der Waals surface area contributed by atoms with Crippen molar-refractivity contribution in [3.8, 4) is 0 Å². The summed E-state index contributed by atoms with van der Waals surface area (Å²) in [6, 6.07) is 5.30. The van der Waals surface area contributed by atoms with Gasteiger partial charge in [-0.05, 0) is 55.9 Å². The average molecular weight is 299 g/mol. The van der Waals surface area contributed by atoms with E-state index in [2.05, 4.69) is 11.6 Å². The summed E-state index contributed by atoms with van der Waals surface area (Å²) in [7, 11) is -3.47. The number of nitrogens with one attached hydrogen (secondary N) is 1. The summed E-state index contributed by atoms with van der Waals surface area (Å²) in [4.78, 5) is 0.314. The molecule has 0 fully saturated rings. The van der Waals surface area contributed by atoms with Crippen LogP contribution in [0.25, 0.3) is 0 Å². The number of rotatable bonds is 8. The number of hydrogen-bond acceptors (Lipinski definition) is 3. The van der Waals surface area contributed by atoms with E-state index in [9.17, 15) is 8.42 Å². The predicted molar refractivity (Wildman–Crippen MR) is 81.2 cm³/mol. The highest BCUT2D eigenvalue weighted by Gasteiger charge is 2.17. The number of aryl methyl sites for hydroxylation is 2. The smallest absolute Gasteiger partial charge is 0.240 e. The van der Waals surface area contributed by atoms with Gasteiger partial charge in [0.2, 0.25) is 10.0 Å². The van der Waals surface area contributed by atoms with Crippen molar-refractivity contribution in [3.05, 3.63) is 29.3 Å². The Morgan fingerprint density at radius 3 is 2.25 bits per heavy atom. The molecule has 2 N–H and O–H groups in total. The third-order valence-corrected chi connectivity index (χ3v) is 4.70. The number of aliphatic hydroxyl groups is 1. The molecular formula is C15H25NO3S. The number of aliphatic hydroxyl groups excluding tert-OH is 1. The van der Waals surface area contributed by atoms with Crippen LogP contribution in [-0.4, -0.2) is 26.7 Å². The first-order valence-corrected chi connectivity index (χ1v) is 8.56. The third-order valence-electron chi connectivity index (χ3n) is 3.30. The van der Waals surface area contributed by atoms with Crippen LogP contribution in [0, 0.1) is 19.8 Å². The lowest BCUT2D eigenvalue weighted by molar-refractivity contribution is 0.251. The molecule has 0 aliphatic carbocycles. The van der Waals surface area contributed by atoms with Gasteiger partial charge in [0.25, 0.3) is 0 Å². The van der Waals surface area contributed by atoms with Crippen molar-refractivity contribution in [1.82, 2.24) is 4.72 Å². The van der Waals surface area contributed by atoms with Gasteiger partial charge in [-0.2, -0.15) is 0 Å². The lowest BCUT2D eigenvalue weighted by Crippen LogP contribution is -2.30. The van der Waals surface area contributed by atoms with Crippen molar-refractivity contribution < 1.29 is 13.5 Å². The molecule has 0 spiro atoms. The fourth-order valence-corrected chi connectivity index (χ4v) is 3.64. The fraction of sp³-hybridized carbons (Fsp3) is 0.600. The molecule has 0 aliphatic rings. The van der Waals surface area contributed by atoms with E-state index in [1.807, 2.05) is 19.9 Å². The van der Waals surface area contributed by atoms with Gasteiger partial charge in [0.05, 0.1) is 4.90 Å². The molecule has 0 radical (unpaired) electrons. The van der Waals surface area contributed by atoms with Crippen molar-refractivity contribution in [1.29, 1.82) is 0 Å². The van der Waals surface area contributed by atoms with Crippen molar-refractivity contribution in [3.63, 3.8) is 0 Å². The highest BCUT2D eigenvalue weighted by atomic mass is 32.2. The minimum Gasteiger partial charge on any atom is -0.396 e. The summed E-state index contributed by atoms with van der Waals surface area (Å²) in [6.07, 6.45) is 2.52. The lowest BCUT2D eigenvalue weighted by Gasteiger charge is -2.16. The maximum absolute atomic E-state index is 12.3. The van der Waals surface area contributed by atoms with Crippen LogP contribution in [0.4, 0.5) is 0 Å². The predicted octanol–water partition coefficient (Wildman–Crippen LogP) is 2.38. The normalized spacial score (nSPS) is 13.4. The second kappa shape index (κ2) is 7.76. The largest absolute Gasteiger partial charge is 0.396 e. The van der Waals surface area contributed by atoms with Crippen LogP contribution in [-0.2, 0) is 10.0 Å². The van der Waals surface area contributed by atoms with Crippen LogP contribution in [0.15, 0.2) is 23.1 Å². The standard InChI is InChI=1S/C15H25NO3S/c1-4-5-14(6-7-17)11-16-20(18,19)15-9-12(2)8-13(3)10-15/h8-10,14,16-17H,4-7,11H2,1-3H3. The van der Waals surface area contributed by atoms with Gasteiger partial charge in [-0.1, -0.05) is 19.4 Å². The molecule has 5 heteroatoms. The minimum atomic E-state index is -3.47. The third kappa shape index (κ3) is 5.23. The van der Waals surface area contributed by atoms with E-state index >= 15 is 0 Å². The van der Waals surface area contributed by atoms with Gasteiger partial charge in [-0.15, -0.1) is 0 Å². The molecule has 114 valence electrons. The van der Waals surface area contributed by atoms with Crippen molar-refractivity contribution in [2.75, 3.05) is 13.2 Å². The molecule has 20 heavy (non-hydrogen) atoms. The van der Waals surface area contributed by atoms with Crippen molar-refractivity contribution in [2.45, 2.75) is 44.9 Å². The molecule has 0 aliphatic heterocycles. The molecule has 0 saturated carbocycles. The molecular weight excluding hydrogens is 274 g/mol. The zero-order chi connectivity index (χ0) is 15.2. The lowest BCUT2D eigenvalue weighted by atomic mass is 10.0. The van der Waals surface area contributed by atoms with Gasteiger partial charge in [-0.25, -0.2) is 13.1 Å². The first-order valence-electron chi connectivity index (χ1n) is 7.08. The number of sulfonamides is 1. The van der Waals surface area contributed by atoms with Crippen LogP contribution in [0.2, 0.25) is 0 Å². The fourth-order valence-electron chi connectivity index (χ4n) is 2.34.